The van der Waals surface area contributed by atoms with Crippen LogP contribution in [0.4, 0.5) is 11.4 Å². The first-order chi connectivity index (χ1) is 15.0. The number of nitrogens with one attached hydrogen (secondary N) is 2. The molecule has 0 aliphatic carbocycles. The monoisotopic (exact) mass is 450 g/mol. The number of rotatable bonds is 7. The van der Waals surface area contributed by atoms with Crippen LogP contribution in [-0.2, 0) is 10.5 Å². The molecule has 0 unspecified atom stereocenters. The Morgan fingerprint density at radius 1 is 0.968 bits per heavy atom. The fourth-order valence-electron chi connectivity index (χ4n) is 3.03. The van der Waals surface area contributed by atoms with Crippen molar-refractivity contribution in [3.63, 3.8) is 0 Å². The summed E-state index contributed by atoms with van der Waals surface area (Å²) in [6.45, 7) is 3.68. The number of para-hydroxylation sites is 1. The maximum absolute atomic E-state index is 13.0. The number of carbonyl (C=O) groups excluding carboxylic acids is 2. The minimum Gasteiger partial charge on any atom is -0.451 e. The third-order valence-electron chi connectivity index (χ3n) is 4.69. The summed E-state index contributed by atoms with van der Waals surface area (Å²) < 4.78 is 7.12. The Labute approximate surface area is 188 Å². The topological polar surface area (TPSA) is 71.3 Å². The van der Waals surface area contributed by atoms with Gasteiger partial charge in [-0.25, -0.2) is 0 Å². The van der Waals surface area contributed by atoms with Crippen LogP contribution in [0.1, 0.15) is 30.0 Å². The molecule has 2 heterocycles. The molecule has 5 nitrogen and oxygen atoms in total. The summed E-state index contributed by atoms with van der Waals surface area (Å²) in [5, 5.41) is 8.73. The first-order valence-corrected chi connectivity index (χ1v) is 11.8. The van der Waals surface area contributed by atoms with Gasteiger partial charge in [-0.15, -0.1) is 23.1 Å². The van der Waals surface area contributed by atoms with Crippen molar-refractivity contribution in [2.75, 3.05) is 10.6 Å². The highest BCUT2D eigenvalue weighted by atomic mass is 32.2. The van der Waals surface area contributed by atoms with Gasteiger partial charge < -0.3 is 15.1 Å². The van der Waals surface area contributed by atoms with Crippen LogP contribution in [0.15, 0.2) is 74.7 Å². The van der Waals surface area contributed by atoms with Crippen molar-refractivity contribution in [1.82, 2.24) is 0 Å². The van der Waals surface area contributed by atoms with Gasteiger partial charge in [0.1, 0.15) is 5.58 Å². The van der Waals surface area contributed by atoms with E-state index in [0.717, 1.165) is 10.9 Å². The van der Waals surface area contributed by atoms with E-state index >= 15 is 0 Å². The summed E-state index contributed by atoms with van der Waals surface area (Å²) in [6, 6.07) is 18.8. The van der Waals surface area contributed by atoms with Crippen molar-refractivity contribution >= 4 is 57.3 Å². The van der Waals surface area contributed by atoms with E-state index in [9.17, 15) is 9.59 Å². The first kappa shape index (κ1) is 21.2. The third kappa shape index (κ3) is 5.00. The lowest BCUT2D eigenvalue weighted by atomic mass is 10.1. The molecule has 0 spiro atoms. The van der Waals surface area contributed by atoms with Crippen LogP contribution >= 0.6 is 23.1 Å². The number of anilines is 2. The Kier molecular flexibility index (Phi) is 6.44. The van der Waals surface area contributed by atoms with Gasteiger partial charge in [-0.05, 0) is 41.8 Å². The van der Waals surface area contributed by atoms with Gasteiger partial charge in [-0.3, -0.25) is 9.59 Å². The third-order valence-corrected chi connectivity index (χ3v) is 6.85. The Hall–Kier alpha value is -3.03. The number of thiophene rings is 1. The molecule has 4 rings (SSSR count). The number of thioether (sulfide) groups is 1. The fourth-order valence-corrected chi connectivity index (χ4v) is 4.84. The number of furan rings is 1. The van der Waals surface area contributed by atoms with Gasteiger partial charge in [0.2, 0.25) is 5.91 Å². The zero-order valence-corrected chi connectivity index (χ0v) is 18.8. The molecular formula is C24H22N2O3S2. The second-order valence-corrected chi connectivity index (χ2v) is 9.53. The minimum absolute atomic E-state index is 0.0491. The summed E-state index contributed by atoms with van der Waals surface area (Å²) in [5.74, 6) is 0.518. The van der Waals surface area contributed by atoms with Crippen LogP contribution in [0.3, 0.4) is 0 Å². The molecule has 0 aliphatic rings. The van der Waals surface area contributed by atoms with Gasteiger partial charge in [0.15, 0.2) is 5.76 Å². The van der Waals surface area contributed by atoms with Crippen molar-refractivity contribution in [3.05, 3.63) is 77.4 Å². The molecule has 2 amide bonds. The average Bonchev–Trinajstić information content (AvgIpc) is 3.41. The zero-order valence-electron chi connectivity index (χ0n) is 17.2. The molecular weight excluding hydrogens is 428 g/mol. The van der Waals surface area contributed by atoms with Gasteiger partial charge in [0, 0.05) is 34.0 Å². The molecule has 0 atom stereocenters. The van der Waals surface area contributed by atoms with Crippen LogP contribution in [-0.4, -0.2) is 11.8 Å². The summed E-state index contributed by atoms with van der Waals surface area (Å²) in [5.41, 5.74) is 2.90. The molecule has 0 saturated carbocycles. The maximum atomic E-state index is 13.0. The molecule has 0 fully saturated rings. The second-order valence-electron chi connectivity index (χ2n) is 7.30. The van der Waals surface area contributed by atoms with Crippen LogP contribution in [0, 0.1) is 5.92 Å². The number of fused-ring (bicyclic) bond motifs is 1. The smallest absolute Gasteiger partial charge is 0.291 e. The Morgan fingerprint density at radius 2 is 1.68 bits per heavy atom. The second kappa shape index (κ2) is 9.41. The van der Waals surface area contributed by atoms with Crippen molar-refractivity contribution in [2.24, 2.45) is 5.92 Å². The molecule has 4 aromatic rings. The fraction of sp³-hybridized carbons (Fsp3) is 0.167. The van der Waals surface area contributed by atoms with Gasteiger partial charge in [-0.1, -0.05) is 38.1 Å². The van der Waals surface area contributed by atoms with Gasteiger partial charge in [0.05, 0.1) is 4.21 Å². The molecule has 2 N–H and O–H groups in total. The number of hydrogen-bond donors (Lipinski definition) is 2. The standard InChI is InChI=1S/C24H22N2O3S2/c1-15(2)23(27)25-16-9-11-17(12-10-16)26-24(28)22-19(14-31-21-8-5-13-30-21)18-6-3-4-7-20(18)29-22/h3-13,15H,14H2,1-2H3,(H,25,27)(H,26,28). The van der Waals surface area contributed by atoms with Gasteiger partial charge in [-0.2, -0.15) is 0 Å². The molecule has 2 aromatic heterocycles. The normalized spacial score (nSPS) is 11.1. The lowest BCUT2D eigenvalue weighted by molar-refractivity contribution is -0.118. The van der Waals surface area contributed by atoms with Crippen LogP contribution in [0.25, 0.3) is 11.0 Å². The average molecular weight is 451 g/mol. The lowest BCUT2D eigenvalue weighted by Gasteiger charge is -2.09. The first-order valence-electron chi connectivity index (χ1n) is 9.90. The molecule has 0 bridgehead atoms. The van der Waals surface area contributed by atoms with E-state index < -0.39 is 0 Å². The number of carbonyl (C=O) groups is 2. The highest BCUT2D eigenvalue weighted by Crippen LogP contribution is 2.34. The molecule has 158 valence electrons. The van der Waals surface area contributed by atoms with Crippen LogP contribution < -0.4 is 10.6 Å². The predicted octanol–water partition coefficient (Wildman–Crippen LogP) is 6.63. The summed E-state index contributed by atoms with van der Waals surface area (Å²) in [7, 11) is 0. The minimum atomic E-state index is -0.294. The zero-order chi connectivity index (χ0) is 21.8. The van der Waals surface area contributed by atoms with E-state index in [-0.39, 0.29) is 17.7 Å². The molecule has 7 heteroatoms. The Bertz CT molecular complexity index is 1200. The predicted molar refractivity (Wildman–Crippen MR) is 128 cm³/mol. The summed E-state index contributed by atoms with van der Waals surface area (Å²) >= 11 is 3.36. The lowest BCUT2D eigenvalue weighted by Crippen LogP contribution is -2.17. The van der Waals surface area contributed by atoms with Crippen molar-refractivity contribution in [1.29, 1.82) is 0 Å². The highest BCUT2D eigenvalue weighted by Gasteiger charge is 2.21. The number of amides is 2. The van der Waals surface area contributed by atoms with Crippen LogP contribution in [0.2, 0.25) is 0 Å². The SMILES string of the molecule is CC(C)C(=O)Nc1ccc(NC(=O)c2oc3ccccc3c2CSc2cccs2)cc1. The molecule has 2 aromatic carbocycles. The maximum Gasteiger partial charge on any atom is 0.291 e. The van der Waals surface area contributed by atoms with Crippen molar-refractivity contribution in [3.8, 4) is 0 Å². The van der Waals surface area contributed by atoms with Gasteiger partial charge >= 0.3 is 0 Å². The van der Waals surface area contributed by atoms with Crippen molar-refractivity contribution in [2.45, 2.75) is 23.8 Å². The van der Waals surface area contributed by atoms with E-state index in [1.165, 1.54) is 4.21 Å². The number of benzene rings is 2. The largest absolute Gasteiger partial charge is 0.451 e. The number of hydrogen-bond acceptors (Lipinski definition) is 5. The van der Waals surface area contributed by atoms with E-state index in [1.54, 1.807) is 47.4 Å². The quantitative estimate of drug-likeness (QED) is 0.310. The van der Waals surface area contributed by atoms with E-state index in [2.05, 4.69) is 16.7 Å². The Morgan fingerprint density at radius 3 is 2.35 bits per heavy atom. The van der Waals surface area contributed by atoms with Crippen LogP contribution in [0.5, 0.6) is 0 Å². The summed E-state index contributed by atoms with van der Waals surface area (Å²) in [4.78, 5) is 24.9. The molecule has 31 heavy (non-hydrogen) atoms. The molecule has 0 aliphatic heterocycles. The van der Waals surface area contributed by atoms with E-state index in [1.807, 2.05) is 49.6 Å². The van der Waals surface area contributed by atoms with Crippen molar-refractivity contribution < 1.29 is 14.0 Å². The summed E-state index contributed by atoms with van der Waals surface area (Å²) in [6.07, 6.45) is 0. The van der Waals surface area contributed by atoms with Gasteiger partial charge in [0.25, 0.3) is 5.91 Å². The highest BCUT2D eigenvalue weighted by molar-refractivity contribution is 8.00. The van der Waals surface area contributed by atoms with E-state index in [4.69, 9.17) is 4.42 Å². The molecule has 0 saturated heterocycles. The Balaban J connectivity index is 1.53. The van der Waals surface area contributed by atoms with E-state index in [0.29, 0.717) is 28.5 Å². The molecule has 0 radical (unpaired) electrons.